The Kier molecular flexibility index (Phi) is 4.68. The van der Waals surface area contributed by atoms with E-state index < -0.39 is 5.91 Å². The summed E-state index contributed by atoms with van der Waals surface area (Å²) in [4.78, 5) is 28.5. The van der Waals surface area contributed by atoms with E-state index >= 15 is 0 Å². The van der Waals surface area contributed by atoms with Crippen LogP contribution in [0.3, 0.4) is 0 Å². The molecule has 146 valence electrons. The third kappa shape index (κ3) is 3.29. The first kappa shape index (κ1) is 18.6. The van der Waals surface area contributed by atoms with Crippen LogP contribution in [0.25, 0.3) is 21.8 Å². The fraction of sp³-hybridized carbons (Fsp3) is 0.130. The number of methoxy groups -OCH3 is 1. The number of nitrogens with one attached hydrogen (secondary N) is 2. The smallest absolute Gasteiger partial charge is 0.250 e. The van der Waals surface area contributed by atoms with Crippen molar-refractivity contribution < 1.29 is 9.53 Å². The minimum Gasteiger partial charge on any atom is -0.497 e. The highest BCUT2D eigenvalue weighted by molar-refractivity contribution is 6.10. The van der Waals surface area contributed by atoms with Crippen molar-refractivity contribution in [3.05, 3.63) is 81.5 Å². The highest BCUT2D eigenvalue weighted by Crippen LogP contribution is 2.27. The van der Waals surface area contributed by atoms with Crippen molar-refractivity contribution in [1.29, 1.82) is 0 Å². The van der Waals surface area contributed by atoms with Crippen LogP contribution >= 0.6 is 0 Å². The Labute approximate surface area is 167 Å². The molecule has 1 heterocycles. The highest BCUT2D eigenvalue weighted by Gasteiger charge is 2.16. The van der Waals surface area contributed by atoms with E-state index in [1.165, 1.54) is 0 Å². The van der Waals surface area contributed by atoms with E-state index in [0.29, 0.717) is 34.0 Å². The van der Waals surface area contributed by atoms with Crippen LogP contribution in [0, 0.1) is 6.92 Å². The lowest BCUT2D eigenvalue weighted by atomic mass is 10.0. The quantitative estimate of drug-likeness (QED) is 0.455. The number of aromatic nitrogens is 1. The van der Waals surface area contributed by atoms with E-state index in [4.69, 9.17) is 10.5 Å². The number of para-hydroxylation sites is 1. The van der Waals surface area contributed by atoms with Crippen LogP contribution in [0.5, 0.6) is 5.75 Å². The number of rotatable bonds is 5. The Morgan fingerprint density at radius 3 is 2.52 bits per heavy atom. The zero-order valence-corrected chi connectivity index (χ0v) is 16.2. The van der Waals surface area contributed by atoms with Gasteiger partial charge in [-0.2, -0.15) is 0 Å². The predicted molar refractivity (Wildman–Crippen MR) is 116 cm³/mol. The Bertz CT molecular complexity index is 1290. The summed E-state index contributed by atoms with van der Waals surface area (Å²) in [6.45, 7) is 2.43. The average molecular weight is 387 g/mol. The molecule has 6 heteroatoms. The van der Waals surface area contributed by atoms with Gasteiger partial charge in [0.15, 0.2) is 5.43 Å². The summed E-state index contributed by atoms with van der Waals surface area (Å²) >= 11 is 0. The number of benzene rings is 3. The van der Waals surface area contributed by atoms with Gasteiger partial charge in [0.2, 0.25) is 0 Å². The topological polar surface area (TPSA) is 97.2 Å². The molecule has 4 aromatic rings. The van der Waals surface area contributed by atoms with Crippen molar-refractivity contribution in [1.82, 2.24) is 4.98 Å². The second-order valence-electron chi connectivity index (χ2n) is 6.93. The molecule has 0 fully saturated rings. The van der Waals surface area contributed by atoms with E-state index in [1.54, 1.807) is 25.3 Å². The van der Waals surface area contributed by atoms with Crippen molar-refractivity contribution >= 4 is 33.4 Å². The first-order chi connectivity index (χ1) is 14.0. The molecule has 1 amide bonds. The fourth-order valence-electron chi connectivity index (χ4n) is 3.54. The monoisotopic (exact) mass is 387 g/mol. The molecule has 0 radical (unpaired) electrons. The van der Waals surface area contributed by atoms with Crippen LogP contribution in [0.4, 0.5) is 5.69 Å². The SMILES string of the molecule is COc1ccc(CNc2ccc(C(N)=O)c3[nH]c4c(C)cccc4c(=O)c23)cc1. The lowest BCUT2D eigenvalue weighted by Gasteiger charge is -2.14. The summed E-state index contributed by atoms with van der Waals surface area (Å²) in [5, 5.41) is 4.31. The van der Waals surface area contributed by atoms with Gasteiger partial charge in [0.05, 0.1) is 29.1 Å². The second kappa shape index (κ2) is 7.31. The number of carbonyl (C=O) groups excluding carboxylic acids is 1. The van der Waals surface area contributed by atoms with Crippen molar-refractivity contribution in [3.8, 4) is 5.75 Å². The Hall–Kier alpha value is -3.80. The molecule has 4 N–H and O–H groups in total. The summed E-state index contributed by atoms with van der Waals surface area (Å²) in [7, 11) is 1.62. The van der Waals surface area contributed by atoms with Gasteiger partial charge in [0.25, 0.3) is 5.91 Å². The third-order valence-electron chi connectivity index (χ3n) is 5.11. The number of nitrogens with two attached hydrogens (primary N) is 1. The number of anilines is 1. The van der Waals surface area contributed by atoms with E-state index in [-0.39, 0.29) is 11.0 Å². The molecule has 0 saturated carbocycles. The number of carbonyl (C=O) groups is 1. The molecule has 4 rings (SSSR count). The molecule has 0 aliphatic heterocycles. The maximum atomic E-state index is 13.3. The molecule has 0 unspecified atom stereocenters. The zero-order chi connectivity index (χ0) is 20.5. The highest BCUT2D eigenvalue weighted by atomic mass is 16.5. The first-order valence-electron chi connectivity index (χ1n) is 9.24. The summed E-state index contributed by atoms with van der Waals surface area (Å²) < 4.78 is 5.18. The van der Waals surface area contributed by atoms with E-state index in [9.17, 15) is 9.59 Å². The minimum atomic E-state index is -0.583. The summed E-state index contributed by atoms with van der Waals surface area (Å²) in [5.74, 6) is 0.198. The Morgan fingerprint density at radius 2 is 1.83 bits per heavy atom. The number of aryl methyl sites for hydroxylation is 1. The number of H-pyrrole nitrogens is 1. The van der Waals surface area contributed by atoms with Crippen molar-refractivity contribution in [2.45, 2.75) is 13.5 Å². The number of amides is 1. The summed E-state index contributed by atoms with van der Waals surface area (Å²) in [6.07, 6.45) is 0. The molecular formula is C23H21N3O3. The Morgan fingerprint density at radius 1 is 1.07 bits per heavy atom. The van der Waals surface area contributed by atoms with Gasteiger partial charge in [-0.1, -0.05) is 24.3 Å². The second-order valence-corrected chi connectivity index (χ2v) is 6.93. The van der Waals surface area contributed by atoms with Gasteiger partial charge >= 0.3 is 0 Å². The lowest BCUT2D eigenvalue weighted by Crippen LogP contribution is -2.16. The molecule has 6 nitrogen and oxygen atoms in total. The number of hydrogen-bond acceptors (Lipinski definition) is 4. The molecule has 3 aromatic carbocycles. The third-order valence-corrected chi connectivity index (χ3v) is 5.11. The number of hydrogen-bond donors (Lipinski definition) is 3. The van der Waals surface area contributed by atoms with Gasteiger partial charge in [-0.25, -0.2) is 0 Å². The predicted octanol–water partition coefficient (Wildman–Crippen LogP) is 3.71. The number of primary amides is 1. The Balaban J connectivity index is 1.86. The first-order valence-corrected chi connectivity index (χ1v) is 9.24. The number of pyridine rings is 1. The molecule has 0 bridgehead atoms. The van der Waals surface area contributed by atoms with Gasteiger partial charge in [0, 0.05) is 17.6 Å². The van der Waals surface area contributed by atoms with Gasteiger partial charge in [-0.3, -0.25) is 9.59 Å². The maximum absolute atomic E-state index is 13.3. The van der Waals surface area contributed by atoms with Gasteiger partial charge in [0.1, 0.15) is 5.75 Å². The van der Waals surface area contributed by atoms with E-state index in [2.05, 4.69) is 10.3 Å². The van der Waals surface area contributed by atoms with Crippen LogP contribution in [0.2, 0.25) is 0 Å². The molecule has 0 aliphatic rings. The zero-order valence-electron chi connectivity index (χ0n) is 16.2. The van der Waals surface area contributed by atoms with Crippen LogP contribution in [0.1, 0.15) is 21.5 Å². The molecule has 1 aromatic heterocycles. The summed E-state index contributed by atoms with van der Waals surface area (Å²) in [5.41, 5.74) is 9.47. The van der Waals surface area contributed by atoms with Crippen molar-refractivity contribution in [2.24, 2.45) is 5.73 Å². The number of ether oxygens (including phenoxy) is 1. The maximum Gasteiger partial charge on any atom is 0.250 e. The lowest BCUT2D eigenvalue weighted by molar-refractivity contribution is 0.100. The van der Waals surface area contributed by atoms with Crippen LogP contribution in [-0.2, 0) is 6.54 Å². The van der Waals surface area contributed by atoms with E-state index in [0.717, 1.165) is 16.9 Å². The fourth-order valence-corrected chi connectivity index (χ4v) is 3.54. The number of aromatic amines is 1. The normalized spacial score (nSPS) is 11.0. The summed E-state index contributed by atoms with van der Waals surface area (Å²) in [6, 6.07) is 16.6. The van der Waals surface area contributed by atoms with Gasteiger partial charge in [-0.15, -0.1) is 0 Å². The average Bonchev–Trinajstić information content (AvgIpc) is 2.73. The van der Waals surface area contributed by atoms with Crippen molar-refractivity contribution in [3.63, 3.8) is 0 Å². The van der Waals surface area contributed by atoms with Crippen LogP contribution in [0.15, 0.2) is 59.4 Å². The molecule has 0 spiro atoms. The largest absolute Gasteiger partial charge is 0.497 e. The van der Waals surface area contributed by atoms with Gasteiger partial charge < -0.3 is 20.8 Å². The van der Waals surface area contributed by atoms with Crippen LogP contribution < -0.4 is 21.2 Å². The molecule has 29 heavy (non-hydrogen) atoms. The molecule has 0 saturated heterocycles. The molecule has 0 aliphatic carbocycles. The minimum absolute atomic E-state index is 0.141. The standard InChI is InChI=1S/C23H21N3O3/c1-13-4-3-5-16-20(13)26-21-17(23(24)28)10-11-18(19(21)22(16)27)25-12-14-6-8-15(29-2)9-7-14/h3-11,25H,12H2,1-2H3,(H2,24,28)(H,26,27). The van der Waals surface area contributed by atoms with Crippen molar-refractivity contribution in [2.75, 3.05) is 12.4 Å². The molecule has 0 atom stereocenters. The van der Waals surface area contributed by atoms with Gasteiger partial charge in [-0.05, 0) is 48.4 Å². The molecular weight excluding hydrogens is 366 g/mol. The van der Waals surface area contributed by atoms with E-state index in [1.807, 2.05) is 43.3 Å². The number of fused-ring (bicyclic) bond motifs is 2. The van der Waals surface area contributed by atoms with Crippen LogP contribution in [-0.4, -0.2) is 18.0 Å².